The number of nitrogens with zero attached hydrogens (tertiary/aromatic N) is 2. The number of hydrazine groups is 1. The van der Waals surface area contributed by atoms with Crippen molar-refractivity contribution in [3.05, 3.63) is 30.1 Å². The van der Waals surface area contributed by atoms with Gasteiger partial charge in [0.25, 0.3) is 0 Å². The largest absolute Gasteiger partial charge is 0.264 e. The van der Waals surface area contributed by atoms with E-state index in [0.29, 0.717) is 6.04 Å². The summed E-state index contributed by atoms with van der Waals surface area (Å²) in [5.41, 5.74) is 4.58. The molecule has 1 atom stereocenters. The van der Waals surface area contributed by atoms with E-state index >= 15 is 0 Å². The lowest BCUT2D eigenvalue weighted by Gasteiger charge is -2.34. The van der Waals surface area contributed by atoms with Gasteiger partial charge in [0.05, 0.1) is 6.04 Å². The van der Waals surface area contributed by atoms with Crippen molar-refractivity contribution >= 4 is 0 Å². The van der Waals surface area contributed by atoms with Crippen LogP contribution in [0.15, 0.2) is 24.5 Å². The van der Waals surface area contributed by atoms with Crippen LogP contribution >= 0.6 is 0 Å². The van der Waals surface area contributed by atoms with Crippen LogP contribution < -0.4 is 5.43 Å². The fraction of sp³-hybridized carbons (Fsp3) is 0.545. The molecular weight excluding hydrogens is 174 g/mol. The third-order valence-electron chi connectivity index (χ3n) is 2.86. The Morgan fingerprint density at radius 3 is 3.14 bits per heavy atom. The molecule has 3 heteroatoms. The summed E-state index contributed by atoms with van der Waals surface area (Å²) in [5.74, 6) is 0. The van der Waals surface area contributed by atoms with Gasteiger partial charge in [0, 0.05) is 18.9 Å². The molecule has 76 valence electrons. The second kappa shape index (κ2) is 4.53. The van der Waals surface area contributed by atoms with Crippen molar-refractivity contribution in [1.82, 2.24) is 15.4 Å². The van der Waals surface area contributed by atoms with E-state index in [1.807, 2.05) is 25.5 Å². The maximum atomic E-state index is 4.17. The Balaban J connectivity index is 2.15. The molecule has 1 fully saturated rings. The molecular formula is C11H17N3. The van der Waals surface area contributed by atoms with Gasteiger partial charge >= 0.3 is 0 Å². The summed E-state index contributed by atoms with van der Waals surface area (Å²) < 4.78 is 0. The molecule has 14 heavy (non-hydrogen) atoms. The van der Waals surface area contributed by atoms with Crippen molar-refractivity contribution in [1.29, 1.82) is 0 Å². The molecule has 0 aliphatic carbocycles. The first kappa shape index (κ1) is 9.62. The van der Waals surface area contributed by atoms with Crippen LogP contribution in [-0.4, -0.2) is 23.6 Å². The Morgan fingerprint density at radius 2 is 2.43 bits per heavy atom. The smallest absolute Gasteiger partial charge is 0.0508 e. The quantitative estimate of drug-likeness (QED) is 0.771. The topological polar surface area (TPSA) is 28.2 Å². The van der Waals surface area contributed by atoms with Crippen molar-refractivity contribution in [2.24, 2.45) is 0 Å². The van der Waals surface area contributed by atoms with Crippen LogP contribution in [0.25, 0.3) is 0 Å². The Kier molecular flexibility index (Phi) is 3.11. The molecule has 2 heterocycles. The molecule has 0 aromatic carbocycles. The van der Waals surface area contributed by atoms with E-state index in [4.69, 9.17) is 0 Å². The summed E-state index contributed by atoms with van der Waals surface area (Å²) in [7, 11) is 1.99. The molecule has 0 spiro atoms. The van der Waals surface area contributed by atoms with Gasteiger partial charge in [0.1, 0.15) is 0 Å². The molecule has 0 saturated carbocycles. The number of hydrogen-bond acceptors (Lipinski definition) is 3. The van der Waals surface area contributed by atoms with E-state index in [-0.39, 0.29) is 0 Å². The highest BCUT2D eigenvalue weighted by Crippen LogP contribution is 2.28. The van der Waals surface area contributed by atoms with Crippen molar-refractivity contribution in [2.75, 3.05) is 13.6 Å². The lowest BCUT2D eigenvalue weighted by molar-refractivity contribution is 0.0982. The molecule has 1 aliphatic heterocycles. The van der Waals surface area contributed by atoms with Crippen LogP contribution in [0.3, 0.4) is 0 Å². The summed E-state index contributed by atoms with van der Waals surface area (Å²) in [6.45, 7) is 1.13. The van der Waals surface area contributed by atoms with Crippen molar-refractivity contribution in [2.45, 2.75) is 25.3 Å². The van der Waals surface area contributed by atoms with Gasteiger partial charge in [-0.1, -0.05) is 12.5 Å². The Hall–Kier alpha value is -0.930. The molecule has 1 aromatic rings. The van der Waals surface area contributed by atoms with Gasteiger partial charge in [-0.25, -0.2) is 5.01 Å². The molecule has 0 unspecified atom stereocenters. The zero-order valence-corrected chi connectivity index (χ0v) is 8.61. The molecule has 3 nitrogen and oxygen atoms in total. The first-order chi connectivity index (χ1) is 6.92. The molecule has 0 amide bonds. The van der Waals surface area contributed by atoms with Crippen LogP contribution in [0.5, 0.6) is 0 Å². The molecule has 0 bridgehead atoms. The second-order valence-electron chi connectivity index (χ2n) is 3.71. The van der Waals surface area contributed by atoms with Gasteiger partial charge in [0.2, 0.25) is 0 Å². The third-order valence-corrected chi connectivity index (χ3v) is 2.86. The zero-order chi connectivity index (χ0) is 9.80. The second-order valence-corrected chi connectivity index (χ2v) is 3.71. The van der Waals surface area contributed by atoms with E-state index in [2.05, 4.69) is 21.5 Å². The van der Waals surface area contributed by atoms with Gasteiger partial charge in [-0.2, -0.15) is 0 Å². The monoisotopic (exact) mass is 191 g/mol. The van der Waals surface area contributed by atoms with Crippen LogP contribution in [0.4, 0.5) is 0 Å². The van der Waals surface area contributed by atoms with Gasteiger partial charge in [-0.15, -0.1) is 0 Å². The molecule has 2 rings (SSSR count). The molecule has 0 radical (unpaired) electrons. The highest BCUT2D eigenvalue weighted by molar-refractivity contribution is 5.14. The third kappa shape index (κ3) is 1.94. The predicted octanol–water partition coefficient (Wildman–Crippen LogP) is 1.74. The standard InChI is InChI=1S/C11H17N3/c1-12-14-8-3-2-6-11(14)10-5-4-7-13-9-10/h4-5,7,9,11-12H,2-3,6,8H2,1H3/t11-/m1/s1. The maximum absolute atomic E-state index is 4.17. The van der Waals surface area contributed by atoms with Crippen LogP contribution in [-0.2, 0) is 0 Å². The van der Waals surface area contributed by atoms with Crippen molar-refractivity contribution in [3.63, 3.8) is 0 Å². The van der Waals surface area contributed by atoms with E-state index < -0.39 is 0 Å². The SMILES string of the molecule is CNN1CCCC[C@@H]1c1cccnc1. The van der Waals surface area contributed by atoms with Crippen LogP contribution in [0, 0.1) is 0 Å². The fourth-order valence-electron chi connectivity index (χ4n) is 2.12. The van der Waals surface area contributed by atoms with E-state index in [0.717, 1.165) is 6.54 Å². The fourth-order valence-corrected chi connectivity index (χ4v) is 2.12. The van der Waals surface area contributed by atoms with E-state index in [9.17, 15) is 0 Å². The maximum Gasteiger partial charge on any atom is 0.0508 e. The normalized spacial score (nSPS) is 23.6. The highest BCUT2D eigenvalue weighted by atomic mass is 15.5. The molecule has 1 aliphatic rings. The first-order valence-electron chi connectivity index (χ1n) is 5.26. The summed E-state index contributed by atoms with van der Waals surface area (Å²) in [4.78, 5) is 4.17. The number of hydrogen-bond donors (Lipinski definition) is 1. The zero-order valence-electron chi connectivity index (χ0n) is 8.61. The lowest BCUT2D eigenvalue weighted by atomic mass is 9.98. The molecule has 1 N–H and O–H groups in total. The number of piperidine rings is 1. The summed E-state index contributed by atoms with van der Waals surface area (Å²) in [6.07, 6.45) is 7.64. The van der Waals surface area contributed by atoms with Crippen molar-refractivity contribution < 1.29 is 0 Å². The minimum atomic E-state index is 0.502. The number of aromatic nitrogens is 1. The van der Waals surface area contributed by atoms with Gasteiger partial charge < -0.3 is 0 Å². The minimum absolute atomic E-state index is 0.502. The Labute approximate surface area is 85.1 Å². The van der Waals surface area contributed by atoms with Gasteiger partial charge in [-0.05, 0) is 31.5 Å². The van der Waals surface area contributed by atoms with Gasteiger partial charge in [0.15, 0.2) is 0 Å². The highest BCUT2D eigenvalue weighted by Gasteiger charge is 2.22. The number of pyridine rings is 1. The Bertz CT molecular complexity index is 273. The molecule has 1 aromatic heterocycles. The van der Waals surface area contributed by atoms with Gasteiger partial charge in [-0.3, -0.25) is 10.4 Å². The number of rotatable bonds is 2. The number of nitrogens with one attached hydrogen (secondary N) is 1. The lowest BCUT2D eigenvalue weighted by Crippen LogP contribution is -2.41. The van der Waals surface area contributed by atoms with Crippen LogP contribution in [0.2, 0.25) is 0 Å². The first-order valence-corrected chi connectivity index (χ1v) is 5.26. The molecule has 1 saturated heterocycles. The predicted molar refractivity (Wildman–Crippen MR) is 56.6 cm³/mol. The van der Waals surface area contributed by atoms with Crippen molar-refractivity contribution in [3.8, 4) is 0 Å². The summed E-state index contributed by atoms with van der Waals surface area (Å²) in [5, 5.41) is 2.31. The minimum Gasteiger partial charge on any atom is -0.264 e. The van der Waals surface area contributed by atoms with E-state index in [1.165, 1.54) is 24.8 Å². The Morgan fingerprint density at radius 1 is 1.50 bits per heavy atom. The van der Waals surface area contributed by atoms with E-state index in [1.54, 1.807) is 0 Å². The summed E-state index contributed by atoms with van der Waals surface area (Å²) >= 11 is 0. The average Bonchev–Trinajstić information content (AvgIpc) is 2.30. The van der Waals surface area contributed by atoms with Crippen LogP contribution in [0.1, 0.15) is 30.9 Å². The summed E-state index contributed by atoms with van der Waals surface area (Å²) in [6, 6.07) is 4.67. The average molecular weight is 191 g/mol.